The van der Waals surface area contributed by atoms with Crippen LogP contribution in [0.15, 0.2) is 18.2 Å². The molecule has 0 spiro atoms. The van der Waals surface area contributed by atoms with E-state index in [9.17, 15) is 13.9 Å². The standard InChI is InChI=1S/C21H26F2N2O2S/c1-14-19(13-27-16-5-6-17(22)18(23)11-16)28-20(24-14)21(26)7-2-9-25(10-8-21)12-15-3-4-15/h5-6,11,15,26H,2-4,7-10,12-13H2,1H3. The Labute approximate surface area is 168 Å². The largest absolute Gasteiger partial charge is 0.488 e. The summed E-state index contributed by atoms with van der Waals surface area (Å²) in [5.74, 6) is -0.692. The Morgan fingerprint density at radius 2 is 2.07 bits per heavy atom. The first-order valence-corrected chi connectivity index (χ1v) is 10.7. The van der Waals surface area contributed by atoms with Crippen LogP contribution >= 0.6 is 11.3 Å². The summed E-state index contributed by atoms with van der Waals surface area (Å²) in [5.41, 5.74) is -0.0800. The Balaban J connectivity index is 1.41. The van der Waals surface area contributed by atoms with Crippen molar-refractivity contribution in [1.82, 2.24) is 9.88 Å². The predicted molar refractivity (Wildman–Crippen MR) is 104 cm³/mol. The Kier molecular flexibility index (Phi) is 5.67. The molecule has 0 bridgehead atoms. The van der Waals surface area contributed by atoms with Gasteiger partial charge in [0.1, 0.15) is 23.0 Å². The molecule has 2 fully saturated rings. The summed E-state index contributed by atoms with van der Waals surface area (Å²) >= 11 is 1.46. The second kappa shape index (κ2) is 8.05. The van der Waals surface area contributed by atoms with Crippen molar-refractivity contribution < 1.29 is 18.6 Å². The topological polar surface area (TPSA) is 45.6 Å². The molecule has 1 saturated carbocycles. The van der Waals surface area contributed by atoms with Gasteiger partial charge in [0.2, 0.25) is 0 Å². The third-order valence-electron chi connectivity index (χ3n) is 5.67. The first-order chi connectivity index (χ1) is 13.4. The zero-order valence-corrected chi connectivity index (χ0v) is 16.9. The van der Waals surface area contributed by atoms with E-state index >= 15 is 0 Å². The van der Waals surface area contributed by atoms with Crippen molar-refractivity contribution in [2.45, 2.75) is 51.2 Å². The molecule has 1 aliphatic heterocycles. The van der Waals surface area contributed by atoms with Crippen LogP contribution in [0.2, 0.25) is 0 Å². The predicted octanol–water partition coefficient (Wildman–Crippen LogP) is 4.39. The summed E-state index contributed by atoms with van der Waals surface area (Å²) < 4.78 is 32.0. The number of hydrogen-bond donors (Lipinski definition) is 1. The van der Waals surface area contributed by atoms with Gasteiger partial charge in [-0.2, -0.15) is 0 Å². The van der Waals surface area contributed by atoms with Crippen LogP contribution in [0.4, 0.5) is 8.78 Å². The molecule has 1 saturated heterocycles. The third-order valence-corrected chi connectivity index (χ3v) is 7.00. The fourth-order valence-corrected chi connectivity index (χ4v) is 4.83. The molecule has 28 heavy (non-hydrogen) atoms. The van der Waals surface area contributed by atoms with Crippen LogP contribution in [0.25, 0.3) is 0 Å². The maximum absolute atomic E-state index is 13.3. The molecule has 1 N–H and O–H groups in total. The molecule has 0 amide bonds. The highest BCUT2D eigenvalue weighted by Gasteiger charge is 2.36. The highest BCUT2D eigenvalue weighted by molar-refractivity contribution is 7.11. The molecular formula is C21H26F2N2O2S. The SMILES string of the molecule is Cc1nc(C2(O)CCCN(CC3CC3)CC2)sc1COc1ccc(F)c(F)c1. The highest BCUT2D eigenvalue weighted by Crippen LogP contribution is 2.38. The Hall–Kier alpha value is -1.57. The average Bonchev–Trinajstić information content (AvgIpc) is 3.43. The number of halogens is 2. The van der Waals surface area contributed by atoms with Crippen LogP contribution in [0.3, 0.4) is 0 Å². The molecule has 1 aromatic carbocycles. The van der Waals surface area contributed by atoms with E-state index in [1.54, 1.807) is 0 Å². The number of rotatable bonds is 6. The quantitative estimate of drug-likeness (QED) is 0.770. The van der Waals surface area contributed by atoms with E-state index in [0.29, 0.717) is 12.8 Å². The molecule has 2 aliphatic rings. The van der Waals surface area contributed by atoms with Gasteiger partial charge in [0.15, 0.2) is 11.6 Å². The lowest BCUT2D eigenvalue weighted by Crippen LogP contribution is -2.30. The van der Waals surface area contributed by atoms with Crippen molar-refractivity contribution in [3.8, 4) is 5.75 Å². The van der Waals surface area contributed by atoms with Crippen LogP contribution in [0.5, 0.6) is 5.75 Å². The summed E-state index contributed by atoms with van der Waals surface area (Å²) in [6.07, 6.45) is 5.05. The fourth-order valence-electron chi connectivity index (χ4n) is 3.71. The van der Waals surface area contributed by atoms with E-state index in [4.69, 9.17) is 4.74 Å². The fraction of sp³-hybridized carbons (Fsp3) is 0.571. The van der Waals surface area contributed by atoms with Crippen molar-refractivity contribution in [2.24, 2.45) is 5.92 Å². The third kappa shape index (κ3) is 4.53. The van der Waals surface area contributed by atoms with Crippen LogP contribution in [-0.4, -0.2) is 34.6 Å². The van der Waals surface area contributed by atoms with Gasteiger partial charge in [-0.25, -0.2) is 13.8 Å². The van der Waals surface area contributed by atoms with Gasteiger partial charge in [-0.1, -0.05) is 0 Å². The second-order valence-corrected chi connectivity index (χ2v) is 9.10. The Bertz CT molecular complexity index is 840. The van der Waals surface area contributed by atoms with Gasteiger partial charge >= 0.3 is 0 Å². The van der Waals surface area contributed by atoms with Gasteiger partial charge in [0.25, 0.3) is 0 Å². The minimum absolute atomic E-state index is 0.221. The van der Waals surface area contributed by atoms with E-state index in [1.807, 2.05) is 6.92 Å². The zero-order chi connectivity index (χ0) is 19.7. The lowest BCUT2D eigenvalue weighted by Gasteiger charge is -2.24. The van der Waals surface area contributed by atoms with Gasteiger partial charge < -0.3 is 14.7 Å². The summed E-state index contributed by atoms with van der Waals surface area (Å²) in [6, 6.07) is 3.50. The van der Waals surface area contributed by atoms with Gasteiger partial charge in [0, 0.05) is 19.2 Å². The smallest absolute Gasteiger partial charge is 0.162 e. The normalized spacial score (nSPS) is 23.6. The second-order valence-electron chi connectivity index (χ2n) is 8.02. The van der Waals surface area contributed by atoms with Gasteiger partial charge in [-0.05, 0) is 63.6 Å². The first kappa shape index (κ1) is 19.7. The van der Waals surface area contributed by atoms with E-state index in [1.165, 1.54) is 30.2 Å². The summed E-state index contributed by atoms with van der Waals surface area (Å²) in [6.45, 7) is 5.20. The molecule has 4 nitrogen and oxygen atoms in total. The molecule has 2 heterocycles. The Morgan fingerprint density at radius 1 is 1.25 bits per heavy atom. The Morgan fingerprint density at radius 3 is 2.82 bits per heavy atom. The molecular weight excluding hydrogens is 382 g/mol. The van der Waals surface area contributed by atoms with Crippen LogP contribution < -0.4 is 4.74 Å². The molecule has 1 atom stereocenters. The van der Waals surface area contributed by atoms with E-state index in [2.05, 4.69) is 9.88 Å². The number of aliphatic hydroxyl groups is 1. The summed E-state index contributed by atoms with van der Waals surface area (Å²) in [4.78, 5) is 8.00. The molecule has 4 rings (SSSR count). The van der Waals surface area contributed by atoms with Crippen molar-refractivity contribution >= 4 is 11.3 Å². The molecule has 2 aromatic rings. The van der Waals surface area contributed by atoms with Crippen LogP contribution in [0, 0.1) is 24.5 Å². The maximum atomic E-state index is 13.3. The number of aromatic nitrogens is 1. The van der Waals surface area contributed by atoms with Gasteiger partial charge in [-0.3, -0.25) is 0 Å². The van der Waals surface area contributed by atoms with E-state index in [-0.39, 0.29) is 12.4 Å². The molecule has 1 aliphatic carbocycles. The van der Waals surface area contributed by atoms with Gasteiger partial charge in [-0.15, -0.1) is 11.3 Å². The lowest BCUT2D eigenvalue weighted by atomic mass is 9.96. The van der Waals surface area contributed by atoms with E-state index < -0.39 is 17.2 Å². The number of benzene rings is 1. The average molecular weight is 409 g/mol. The number of aryl methyl sites for hydroxylation is 1. The number of hydrogen-bond acceptors (Lipinski definition) is 5. The summed E-state index contributed by atoms with van der Waals surface area (Å²) in [5, 5.41) is 12.0. The van der Waals surface area contributed by atoms with Crippen LogP contribution in [0.1, 0.15) is 47.7 Å². The first-order valence-electron chi connectivity index (χ1n) is 9.92. The van der Waals surface area contributed by atoms with Crippen LogP contribution in [-0.2, 0) is 12.2 Å². The molecule has 7 heteroatoms. The summed E-state index contributed by atoms with van der Waals surface area (Å²) in [7, 11) is 0. The highest BCUT2D eigenvalue weighted by atomic mass is 32.1. The zero-order valence-electron chi connectivity index (χ0n) is 16.1. The minimum atomic E-state index is -0.928. The molecule has 0 radical (unpaired) electrons. The van der Waals surface area contributed by atoms with Crippen molar-refractivity contribution in [3.63, 3.8) is 0 Å². The van der Waals surface area contributed by atoms with E-state index in [0.717, 1.165) is 59.7 Å². The molecule has 1 unspecified atom stereocenters. The number of ether oxygens (including phenoxy) is 1. The number of thiazole rings is 1. The number of likely N-dealkylation sites (tertiary alicyclic amines) is 1. The monoisotopic (exact) mass is 408 g/mol. The number of nitrogens with zero attached hydrogens (tertiary/aromatic N) is 2. The molecule has 1 aromatic heterocycles. The van der Waals surface area contributed by atoms with Crippen molar-refractivity contribution in [1.29, 1.82) is 0 Å². The maximum Gasteiger partial charge on any atom is 0.162 e. The minimum Gasteiger partial charge on any atom is -0.488 e. The lowest BCUT2D eigenvalue weighted by molar-refractivity contribution is 0.0208. The van der Waals surface area contributed by atoms with Crippen molar-refractivity contribution in [2.75, 3.05) is 19.6 Å². The molecule has 152 valence electrons. The van der Waals surface area contributed by atoms with Gasteiger partial charge in [0.05, 0.1) is 10.6 Å². The van der Waals surface area contributed by atoms with Crippen molar-refractivity contribution in [3.05, 3.63) is 45.4 Å².